The summed E-state index contributed by atoms with van der Waals surface area (Å²) in [5.74, 6) is 1.05. The standard InChI is InChI=1S/C23H26N2/c1-22(2,3)14-17-15-23(4,5)25-20-18(17)12-9-13-19(20)24-21(25)16-10-7-6-8-11-16/h6-13,15H,14H2,1-5H3. The summed E-state index contributed by atoms with van der Waals surface area (Å²) in [6, 6.07) is 17.0. The van der Waals surface area contributed by atoms with Gasteiger partial charge in [0.15, 0.2) is 0 Å². The molecule has 2 aromatic carbocycles. The van der Waals surface area contributed by atoms with Gasteiger partial charge in [-0.25, -0.2) is 4.98 Å². The minimum absolute atomic E-state index is 0.102. The van der Waals surface area contributed by atoms with Crippen molar-refractivity contribution in [3.8, 4) is 11.4 Å². The van der Waals surface area contributed by atoms with Crippen molar-refractivity contribution in [2.24, 2.45) is 5.41 Å². The van der Waals surface area contributed by atoms with E-state index in [0.717, 1.165) is 17.8 Å². The monoisotopic (exact) mass is 330 g/mol. The first-order chi connectivity index (χ1) is 11.8. The van der Waals surface area contributed by atoms with Crippen LogP contribution in [0.25, 0.3) is 28.0 Å². The van der Waals surface area contributed by atoms with Crippen molar-refractivity contribution in [3.05, 3.63) is 60.2 Å². The molecule has 0 bridgehead atoms. The minimum atomic E-state index is -0.102. The lowest BCUT2D eigenvalue weighted by Gasteiger charge is -2.34. The summed E-state index contributed by atoms with van der Waals surface area (Å²) in [4.78, 5) is 5.01. The molecule has 3 aromatic rings. The summed E-state index contributed by atoms with van der Waals surface area (Å²) in [5, 5.41) is 0. The highest BCUT2D eigenvalue weighted by molar-refractivity contribution is 5.94. The maximum absolute atomic E-state index is 5.01. The number of para-hydroxylation sites is 1. The molecule has 0 N–H and O–H groups in total. The van der Waals surface area contributed by atoms with Crippen molar-refractivity contribution >= 4 is 16.6 Å². The van der Waals surface area contributed by atoms with E-state index < -0.39 is 0 Å². The molecule has 0 fully saturated rings. The van der Waals surface area contributed by atoms with Crippen molar-refractivity contribution in [1.29, 1.82) is 0 Å². The zero-order chi connectivity index (χ0) is 17.8. The van der Waals surface area contributed by atoms with Gasteiger partial charge in [0.25, 0.3) is 0 Å². The molecule has 2 nitrogen and oxygen atoms in total. The molecule has 1 aromatic heterocycles. The predicted molar refractivity (Wildman–Crippen MR) is 107 cm³/mol. The van der Waals surface area contributed by atoms with Crippen molar-refractivity contribution in [2.75, 3.05) is 0 Å². The predicted octanol–water partition coefficient (Wildman–Crippen LogP) is 6.27. The van der Waals surface area contributed by atoms with E-state index in [2.05, 4.69) is 93.8 Å². The van der Waals surface area contributed by atoms with Crippen LogP contribution >= 0.6 is 0 Å². The van der Waals surface area contributed by atoms with Crippen LogP contribution in [-0.2, 0) is 5.54 Å². The van der Waals surface area contributed by atoms with E-state index in [-0.39, 0.29) is 11.0 Å². The van der Waals surface area contributed by atoms with Gasteiger partial charge in [-0.3, -0.25) is 0 Å². The van der Waals surface area contributed by atoms with Gasteiger partial charge >= 0.3 is 0 Å². The Kier molecular flexibility index (Phi) is 3.44. The van der Waals surface area contributed by atoms with E-state index >= 15 is 0 Å². The van der Waals surface area contributed by atoms with Crippen LogP contribution in [0.5, 0.6) is 0 Å². The Bertz CT molecular complexity index is 966. The topological polar surface area (TPSA) is 17.8 Å². The minimum Gasteiger partial charge on any atom is -0.314 e. The number of imidazole rings is 1. The maximum atomic E-state index is 5.01. The first kappa shape index (κ1) is 16.1. The van der Waals surface area contributed by atoms with E-state index in [1.165, 1.54) is 22.2 Å². The Labute approximate surface area is 150 Å². The summed E-state index contributed by atoms with van der Waals surface area (Å²) >= 11 is 0. The fraction of sp³-hybridized carbons (Fsp3) is 0.348. The number of aromatic nitrogens is 2. The smallest absolute Gasteiger partial charge is 0.141 e. The average molecular weight is 330 g/mol. The van der Waals surface area contributed by atoms with Crippen LogP contribution in [0.4, 0.5) is 0 Å². The summed E-state index contributed by atoms with van der Waals surface area (Å²) in [6.07, 6.45) is 3.51. The number of nitrogens with zero attached hydrogens (tertiary/aromatic N) is 2. The van der Waals surface area contributed by atoms with Crippen molar-refractivity contribution < 1.29 is 0 Å². The molecular weight excluding hydrogens is 304 g/mol. The van der Waals surface area contributed by atoms with Crippen LogP contribution in [-0.4, -0.2) is 9.55 Å². The van der Waals surface area contributed by atoms with Gasteiger partial charge in [0.2, 0.25) is 0 Å². The van der Waals surface area contributed by atoms with Gasteiger partial charge in [-0.1, -0.05) is 69.3 Å². The fourth-order valence-corrected chi connectivity index (χ4v) is 4.01. The number of benzene rings is 2. The molecule has 0 radical (unpaired) electrons. The largest absolute Gasteiger partial charge is 0.314 e. The van der Waals surface area contributed by atoms with Gasteiger partial charge in [0.05, 0.1) is 16.6 Å². The van der Waals surface area contributed by atoms with Gasteiger partial charge in [0.1, 0.15) is 5.82 Å². The summed E-state index contributed by atoms with van der Waals surface area (Å²) in [6.45, 7) is 11.5. The molecule has 0 atom stereocenters. The van der Waals surface area contributed by atoms with Crippen LogP contribution in [0.2, 0.25) is 0 Å². The molecule has 25 heavy (non-hydrogen) atoms. The second kappa shape index (κ2) is 5.32. The summed E-state index contributed by atoms with van der Waals surface area (Å²) in [7, 11) is 0. The van der Waals surface area contributed by atoms with Gasteiger partial charge in [-0.05, 0) is 37.3 Å². The molecular formula is C23H26N2. The number of hydrogen-bond donors (Lipinski definition) is 0. The SMILES string of the molecule is CC(C)(C)CC1=CC(C)(C)n2c(-c3ccccc3)nc3cccc1c32. The average Bonchev–Trinajstić information content (AvgIpc) is 2.93. The molecule has 0 spiro atoms. The Hall–Kier alpha value is -2.35. The number of rotatable bonds is 2. The Morgan fingerprint density at radius 2 is 1.68 bits per heavy atom. The third-order valence-corrected chi connectivity index (χ3v) is 4.88. The molecule has 2 heteroatoms. The van der Waals surface area contributed by atoms with Gasteiger partial charge in [-0.2, -0.15) is 0 Å². The number of allylic oxidation sites excluding steroid dienone is 2. The first-order valence-corrected chi connectivity index (χ1v) is 9.06. The maximum Gasteiger partial charge on any atom is 0.141 e. The Balaban J connectivity index is 2.01. The van der Waals surface area contributed by atoms with Gasteiger partial charge in [0, 0.05) is 11.1 Å². The fourth-order valence-electron chi connectivity index (χ4n) is 4.01. The molecule has 0 saturated carbocycles. The van der Waals surface area contributed by atoms with Crippen LogP contribution < -0.4 is 0 Å². The molecule has 4 rings (SSSR count). The normalized spacial score (nSPS) is 16.1. The molecule has 128 valence electrons. The van der Waals surface area contributed by atoms with Crippen molar-refractivity contribution in [3.63, 3.8) is 0 Å². The molecule has 1 aliphatic rings. The van der Waals surface area contributed by atoms with Crippen LogP contribution in [0.15, 0.2) is 54.6 Å². The van der Waals surface area contributed by atoms with E-state index in [0.29, 0.717) is 0 Å². The molecule has 0 unspecified atom stereocenters. The number of hydrogen-bond acceptors (Lipinski definition) is 1. The Morgan fingerprint density at radius 1 is 0.960 bits per heavy atom. The lowest BCUT2D eigenvalue weighted by Crippen LogP contribution is -2.28. The first-order valence-electron chi connectivity index (χ1n) is 9.06. The van der Waals surface area contributed by atoms with Crippen LogP contribution in [0.3, 0.4) is 0 Å². The zero-order valence-electron chi connectivity index (χ0n) is 15.8. The van der Waals surface area contributed by atoms with Crippen molar-refractivity contribution in [1.82, 2.24) is 9.55 Å². The zero-order valence-corrected chi connectivity index (χ0v) is 15.8. The second-order valence-corrected chi connectivity index (χ2v) is 8.87. The van der Waals surface area contributed by atoms with Crippen molar-refractivity contribution in [2.45, 2.75) is 46.6 Å². The molecule has 2 heterocycles. The van der Waals surface area contributed by atoms with E-state index in [1.807, 2.05) is 0 Å². The van der Waals surface area contributed by atoms with Crippen LogP contribution in [0.1, 0.15) is 46.6 Å². The second-order valence-electron chi connectivity index (χ2n) is 8.87. The molecule has 0 amide bonds. The van der Waals surface area contributed by atoms with E-state index in [1.54, 1.807) is 0 Å². The lowest BCUT2D eigenvalue weighted by atomic mass is 9.81. The molecule has 0 saturated heterocycles. The third-order valence-electron chi connectivity index (χ3n) is 4.88. The summed E-state index contributed by atoms with van der Waals surface area (Å²) < 4.78 is 2.42. The lowest BCUT2D eigenvalue weighted by molar-refractivity contribution is 0.419. The van der Waals surface area contributed by atoms with E-state index in [4.69, 9.17) is 4.98 Å². The summed E-state index contributed by atoms with van der Waals surface area (Å²) in [5.41, 5.74) is 6.46. The molecule has 0 aliphatic carbocycles. The molecule has 1 aliphatic heterocycles. The highest BCUT2D eigenvalue weighted by Crippen LogP contribution is 2.43. The Morgan fingerprint density at radius 3 is 2.36 bits per heavy atom. The highest BCUT2D eigenvalue weighted by Gasteiger charge is 2.32. The van der Waals surface area contributed by atoms with Gasteiger partial charge < -0.3 is 4.57 Å². The third kappa shape index (κ3) is 2.70. The quantitative estimate of drug-likeness (QED) is 0.541. The van der Waals surface area contributed by atoms with Gasteiger partial charge in [-0.15, -0.1) is 0 Å². The van der Waals surface area contributed by atoms with Crippen LogP contribution in [0, 0.1) is 5.41 Å². The van der Waals surface area contributed by atoms with E-state index in [9.17, 15) is 0 Å². The highest BCUT2D eigenvalue weighted by atomic mass is 15.1.